The van der Waals surface area contributed by atoms with Crippen molar-refractivity contribution in [2.45, 2.75) is 64.0 Å². The molecule has 3 amide bonds. The van der Waals surface area contributed by atoms with Crippen LogP contribution in [0.4, 0.5) is 18.0 Å². The maximum absolute atomic E-state index is 13.2. The normalized spacial score (nSPS) is 20.8. The van der Waals surface area contributed by atoms with Gasteiger partial charge in [0, 0.05) is 19.3 Å². The maximum atomic E-state index is 13.2. The third kappa shape index (κ3) is 4.95. The van der Waals surface area contributed by atoms with Crippen LogP contribution < -0.4 is 10.6 Å². The van der Waals surface area contributed by atoms with E-state index >= 15 is 0 Å². The number of urea groups is 1. The molecule has 2 atom stereocenters. The third-order valence-electron chi connectivity index (χ3n) is 7.71. The lowest BCUT2D eigenvalue weighted by atomic mass is 9.89. The first-order valence-corrected chi connectivity index (χ1v) is 13.0. The Morgan fingerprint density at radius 1 is 1.24 bits per heavy atom. The zero-order chi connectivity index (χ0) is 26.6. The standard InChI is InChI=1S/C26H29F3N6O3/c1-2-35-12-17(10-30-35)23(36)33-22(21(15-4-5-15)16-6-7-16)24-31-18-9-14(3-8-19(18)38-24)11-34-13-20(26(27,28)29)32-25(34)37/h3,8-10,12,15-16,20-22H,2,4-7,11,13H2,1H3,(H,32,37)(H,33,36)/t20-,22-/m0/s1. The number of aryl methyl sites for hydroxylation is 1. The van der Waals surface area contributed by atoms with E-state index in [1.165, 1.54) is 0 Å². The van der Waals surface area contributed by atoms with Crippen molar-refractivity contribution in [2.75, 3.05) is 6.54 Å². The molecule has 3 aliphatic rings. The van der Waals surface area contributed by atoms with E-state index in [9.17, 15) is 22.8 Å². The van der Waals surface area contributed by atoms with Gasteiger partial charge in [-0.1, -0.05) is 6.07 Å². The molecule has 38 heavy (non-hydrogen) atoms. The first kappa shape index (κ1) is 24.7. The molecule has 3 fully saturated rings. The second-order valence-corrected chi connectivity index (χ2v) is 10.6. The molecule has 1 aromatic carbocycles. The van der Waals surface area contributed by atoms with Gasteiger partial charge in [-0.25, -0.2) is 9.78 Å². The van der Waals surface area contributed by atoms with Gasteiger partial charge in [-0.15, -0.1) is 0 Å². The number of nitrogens with one attached hydrogen (secondary N) is 2. The van der Waals surface area contributed by atoms with Gasteiger partial charge in [0.25, 0.3) is 5.91 Å². The second kappa shape index (κ2) is 9.32. The number of halogens is 3. The molecule has 1 aliphatic heterocycles. The maximum Gasteiger partial charge on any atom is 0.410 e. The van der Waals surface area contributed by atoms with Crippen LogP contribution in [0.5, 0.6) is 0 Å². The Kier molecular flexibility index (Phi) is 6.07. The molecule has 3 heterocycles. The molecule has 2 saturated carbocycles. The number of amides is 3. The molecule has 2 aliphatic carbocycles. The SMILES string of the molecule is CCn1cc(C(=O)N[C@H](c2nc3cc(CN4C[C@@H](C(F)(F)F)NC4=O)ccc3o2)C(C2CC2)C2CC2)cn1. The quantitative estimate of drug-likeness (QED) is 0.427. The van der Waals surface area contributed by atoms with Crippen LogP contribution in [-0.4, -0.2) is 50.4 Å². The van der Waals surface area contributed by atoms with Crippen molar-refractivity contribution in [1.82, 2.24) is 30.3 Å². The number of fused-ring (bicyclic) bond motifs is 1. The number of alkyl halides is 3. The van der Waals surface area contributed by atoms with E-state index in [-0.39, 0.29) is 18.4 Å². The van der Waals surface area contributed by atoms with Gasteiger partial charge in [0.1, 0.15) is 17.6 Å². The summed E-state index contributed by atoms with van der Waals surface area (Å²) in [5.74, 6) is 1.43. The minimum absolute atomic E-state index is 0.0188. The molecular weight excluding hydrogens is 501 g/mol. The van der Waals surface area contributed by atoms with E-state index < -0.39 is 30.8 Å². The predicted molar refractivity (Wildman–Crippen MR) is 130 cm³/mol. The number of hydrogen-bond acceptors (Lipinski definition) is 5. The highest BCUT2D eigenvalue weighted by molar-refractivity contribution is 5.94. The average Bonchev–Trinajstić information content (AvgIpc) is 3.76. The minimum Gasteiger partial charge on any atom is -0.438 e. The number of carbonyl (C=O) groups excluding carboxylic acids is 2. The Labute approximate surface area is 216 Å². The number of benzene rings is 1. The predicted octanol–water partition coefficient (Wildman–Crippen LogP) is 4.41. The molecule has 2 aromatic heterocycles. The summed E-state index contributed by atoms with van der Waals surface area (Å²) in [7, 11) is 0. The van der Waals surface area contributed by atoms with E-state index in [0.717, 1.165) is 30.6 Å². The zero-order valence-corrected chi connectivity index (χ0v) is 20.9. The lowest BCUT2D eigenvalue weighted by molar-refractivity contribution is -0.149. The van der Waals surface area contributed by atoms with Crippen molar-refractivity contribution in [2.24, 2.45) is 17.8 Å². The minimum atomic E-state index is -4.50. The van der Waals surface area contributed by atoms with Crippen LogP contribution in [0.2, 0.25) is 0 Å². The van der Waals surface area contributed by atoms with Crippen LogP contribution >= 0.6 is 0 Å². The van der Waals surface area contributed by atoms with Crippen molar-refractivity contribution >= 4 is 23.0 Å². The third-order valence-corrected chi connectivity index (χ3v) is 7.71. The first-order valence-electron chi connectivity index (χ1n) is 13.0. The van der Waals surface area contributed by atoms with Crippen LogP contribution in [0, 0.1) is 17.8 Å². The Hall–Kier alpha value is -3.57. The number of nitrogens with zero attached hydrogens (tertiary/aromatic N) is 4. The molecule has 9 nitrogen and oxygen atoms in total. The van der Waals surface area contributed by atoms with Crippen molar-refractivity contribution in [1.29, 1.82) is 0 Å². The molecule has 1 saturated heterocycles. The Bertz CT molecular complexity index is 1350. The summed E-state index contributed by atoms with van der Waals surface area (Å²) >= 11 is 0. The molecule has 2 N–H and O–H groups in total. The Morgan fingerprint density at radius 2 is 1.97 bits per heavy atom. The fourth-order valence-electron chi connectivity index (χ4n) is 5.45. The van der Waals surface area contributed by atoms with Gasteiger partial charge in [0.15, 0.2) is 5.58 Å². The van der Waals surface area contributed by atoms with E-state index in [2.05, 4.69) is 10.4 Å². The van der Waals surface area contributed by atoms with Crippen molar-refractivity contribution in [3.63, 3.8) is 0 Å². The number of rotatable bonds is 9. The Balaban J connectivity index is 1.25. The number of hydrogen-bond donors (Lipinski definition) is 2. The van der Waals surface area contributed by atoms with Crippen LogP contribution in [0.3, 0.4) is 0 Å². The topological polar surface area (TPSA) is 105 Å². The lowest BCUT2D eigenvalue weighted by Crippen LogP contribution is -2.40. The van der Waals surface area contributed by atoms with E-state index in [4.69, 9.17) is 9.40 Å². The summed E-state index contributed by atoms with van der Waals surface area (Å²) in [6.45, 7) is 2.18. The van der Waals surface area contributed by atoms with Gasteiger partial charge in [-0.3, -0.25) is 9.48 Å². The van der Waals surface area contributed by atoms with Crippen molar-refractivity contribution < 1.29 is 27.2 Å². The zero-order valence-electron chi connectivity index (χ0n) is 20.9. The van der Waals surface area contributed by atoms with Gasteiger partial charge in [0.05, 0.1) is 18.3 Å². The van der Waals surface area contributed by atoms with Crippen LogP contribution in [-0.2, 0) is 13.1 Å². The number of aromatic nitrogens is 3. The highest BCUT2D eigenvalue weighted by Gasteiger charge is 2.48. The van der Waals surface area contributed by atoms with Crippen molar-refractivity contribution in [3.05, 3.63) is 47.6 Å². The molecule has 12 heteroatoms. The lowest BCUT2D eigenvalue weighted by Gasteiger charge is -2.25. The molecule has 0 unspecified atom stereocenters. The van der Waals surface area contributed by atoms with Gasteiger partial charge in [-0.05, 0) is 68.1 Å². The highest BCUT2D eigenvalue weighted by Crippen LogP contribution is 2.54. The molecule has 0 radical (unpaired) electrons. The fraction of sp³-hybridized carbons (Fsp3) is 0.538. The monoisotopic (exact) mass is 530 g/mol. The van der Waals surface area contributed by atoms with E-state index in [0.29, 0.717) is 46.5 Å². The average molecular weight is 531 g/mol. The van der Waals surface area contributed by atoms with Gasteiger partial charge < -0.3 is 20.0 Å². The fourth-order valence-corrected chi connectivity index (χ4v) is 5.45. The van der Waals surface area contributed by atoms with E-state index in [1.807, 2.05) is 12.2 Å². The molecular formula is C26H29F3N6O3. The van der Waals surface area contributed by atoms with Crippen LogP contribution in [0.25, 0.3) is 11.1 Å². The van der Waals surface area contributed by atoms with Gasteiger partial charge in [-0.2, -0.15) is 18.3 Å². The Morgan fingerprint density at radius 3 is 2.58 bits per heavy atom. The molecule has 0 spiro atoms. The number of carbonyl (C=O) groups is 2. The smallest absolute Gasteiger partial charge is 0.410 e. The van der Waals surface area contributed by atoms with E-state index in [1.54, 1.807) is 35.3 Å². The van der Waals surface area contributed by atoms with Crippen molar-refractivity contribution in [3.8, 4) is 0 Å². The second-order valence-electron chi connectivity index (χ2n) is 10.6. The number of oxazole rings is 1. The summed E-state index contributed by atoms with van der Waals surface area (Å²) < 4.78 is 47.0. The molecule has 0 bridgehead atoms. The summed E-state index contributed by atoms with van der Waals surface area (Å²) in [6.07, 6.45) is 3.22. The largest absolute Gasteiger partial charge is 0.438 e. The highest BCUT2D eigenvalue weighted by atomic mass is 19.4. The molecule has 6 rings (SSSR count). The molecule has 202 valence electrons. The summed E-state index contributed by atoms with van der Waals surface area (Å²) in [5, 5.41) is 9.36. The molecule has 3 aromatic rings. The van der Waals surface area contributed by atoms with Crippen LogP contribution in [0.15, 0.2) is 35.0 Å². The van der Waals surface area contributed by atoms with Crippen LogP contribution in [0.1, 0.15) is 60.5 Å². The van der Waals surface area contributed by atoms with Gasteiger partial charge in [0.2, 0.25) is 5.89 Å². The van der Waals surface area contributed by atoms with Gasteiger partial charge >= 0.3 is 12.2 Å². The summed E-state index contributed by atoms with van der Waals surface area (Å²) in [6, 6.07) is 2.12. The summed E-state index contributed by atoms with van der Waals surface area (Å²) in [5.41, 5.74) is 2.17. The first-order chi connectivity index (χ1) is 18.2. The summed E-state index contributed by atoms with van der Waals surface area (Å²) in [4.78, 5) is 31.1.